The third-order valence-electron chi connectivity index (χ3n) is 1.22. The highest BCUT2D eigenvalue weighted by Gasteiger charge is 2.08. The molecular formula is C9H15N3O. The maximum atomic E-state index is 11.4. The Labute approximate surface area is 78.2 Å². The summed E-state index contributed by atoms with van der Waals surface area (Å²) in [5.74, 6) is -0.208. The summed E-state index contributed by atoms with van der Waals surface area (Å²) in [5, 5.41) is 2.38. The Bertz CT molecular complexity index is 273. The van der Waals surface area contributed by atoms with E-state index in [-0.39, 0.29) is 11.7 Å². The first-order valence-electron chi connectivity index (χ1n) is 3.91. The monoisotopic (exact) mass is 181 g/mol. The highest BCUT2D eigenvalue weighted by Crippen LogP contribution is 2.04. The van der Waals surface area contributed by atoms with Gasteiger partial charge < -0.3 is 11.1 Å². The molecule has 1 amide bonds. The molecule has 0 saturated heterocycles. The van der Waals surface area contributed by atoms with Crippen molar-refractivity contribution in [2.24, 2.45) is 10.7 Å². The number of rotatable bonds is 3. The molecule has 0 spiro atoms. The van der Waals surface area contributed by atoms with Crippen molar-refractivity contribution in [2.75, 3.05) is 0 Å². The van der Waals surface area contributed by atoms with E-state index in [9.17, 15) is 4.79 Å². The number of nitrogens with one attached hydrogen (secondary N) is 1. The Morgan fingerprint density at radius 1 is 1.54 bits per heavy atom. The van der Waals surface area contributed by atoms with E-state index in [2.05, 4.69) is 16.9 Å². The molecule has 0 saturated carbocycles. The lowest BCUT2D eigenvalue weighted by molar-refractivity contribution is -0.116. The average Bonchev–Trinajstić information content (AvgIpc) is 1.97. The maximum Gasteiger partial charge on any atom is 0.275 e. The van der Waals surface area contributed by atoms with Gasteiger partial charge in [-0.25, -0.2) is 0 Å². The van der Waals surface area contributed by atoms with Gasteiger partial charge in [-0.15, -0.1) is 0 Å². The SMILES string of the molecule is C=C(N)NC(=O)C(/N=C\C)=C(C)C. The molecule has 0 radical (unpaired) electrons. The van der Waals surface area contributed by atoms with Crippen LogP contribution < -0.4 is 11.1 Å². The minimum atomic E-state index is -0.328. The smallest absolute Gasteiger partial charge is 0.275 e. The molecule has 0 atom stereocenters. The van der Waals surface area contributed by atoms with E-state index >= 15 is 0 Å². The Kier molecular flexibility index (Phi) is 4.51. The van der Waals surface area contributed by atoms with Gasteiger partial charge >= 0.3 is 0 Å². The van der Waals surface area contributed by atoms with Gasteiger partial charge in [0.15, 0.2) is 0 Å². The number of carbonyl (C=O) groups is 1. The van der Waals surface area contributed by atoms with Crippen molar-refractivity contribution < 1.29 is 4.79 Å². The van der Waals surface area contributed by atoms with Crippen molar-refractivity contribution in [3.8, 4) is 0 Å². The van der Waals surface area contributed by atoms with Gasteiger partial charge in [-0.1, -0.05) is 6.58 Å². The fourth-order valence-electron chi connectivity index (χ4n) is 0.749. The standard InChI is InChI=1S/C9H15N3O/c1-5-11-8(6(2)3)9(13)12-7(4)10/h5H,4,10H2,1-3H3,(H,12,13)/b11-5-. The van der Waals surface area contributed by atoms with E-state index in [1.54, 1.807) is 27.0 Å². The van der Waals surface area contributed by atoms with Crippen molar-refractivity contribution in [2.45, 2.75) is 20.8 Å². The molecule has 0 aliphatic rings. The molecule has 0 unspecified atom stereocenters. The van der Waals surface area contributed by atoms with Crippen molar-refractivity contribution in [3.63, 3.8) is 0 Å². The van der Waals surface area contributed by atoms with Crippen LogP contribution in [0.4, 0.5) is 0 Å². The molecule has 0 aliphatic heterocycles. The van der Waals surface area contributed by atoms with Gasteiger partial charge in [-0.05, 0) is 26.3 Å². The average molecular weight is 181 g/mol. The Morgan fingerprint density at radius 3 is 2.38 bits per heavy atom. The minimum absolute atomic E-state index is 0.120. The Morgan fingerprint density at radius 2 is 2.08 bits per heavy atom. The van der Waals surface area contributed by atoms with E-state index in [1.165, 1.54) is 0 Å². The highest BCUT2D eigenvalue weighted by molar-refractivity contribution is 5.95. The predicted molar refractivity (Wildman–Crippen MR) is 54.0 cm³/mol. The van der Waals surface area contributed by atoms with Crippen LogP contribution >= 0.6 is 0 Å². The zero-order valence-corrected chi connectivity index (χ0v) is 8.22. The van der Waals surface area contributed by atoms with E-state index in [0.717, 1.165) is 5.57 Å². The van der Waals surface area contributed by atoms with Gasteiger partial charge in [0.05, 0.1) is 5.82 Å². The summed E-state index contributed by atoms with van der Waals surface area (Å²) in [7, 11) is 0. The molecule has 72 valence electrons. The van der Waals surface area contributed by atoms with E-state index in [4.69, 9.17) is 5.73 Å². The summed E-state index contributed by atoms with van der Waals surface area (Å²) < 4.78 is 0. The van der Waals surface area contributed by atoms with Gasteiger partial charge in [0.25, 0.3) is 5.91 Å². The lowest BCUT2D eigenvalue weighted by Crippen LogP contribution is -2.27. The summed E-state index contributed by atoms with van der Waals surface area (Å²) in [4.78, 5) is 15.3. The van der Waals surface area contributed by atoms with Crippen LogP contribution in [0, 0.1) is 0 Å². The topological polar surface area (TPSA) is 67.5 Å². The zero-order chi connectivity index (χ0) is 10.4. The highest BCUT2D eigenvalue weighted by atomic mass is 16.2. The second-order valence-electron chi connectivity index (χ2n) is 2.72. The number of hydrogen-bond donors (Lipinski definition) is 2. The summed E-state index contributed by atoms with van der Waals surface area (Å²) in [6, 6.07) is 0. The molecule has 0 bridgehead atoms. The molecule has 4 heteroatoms. The second kappa shape index (κ2) is 5.13. The predicted octanol–water partition coefficient (Wildman–Crippen LogP) is 0.917. The first-order chi connectivity index (χ1) is 5.99. The Hall–Kier alpha value is -1.58. The van der Waals surface area contributed by atoms with Crippen LogP contribution in [0.15, 0.2) is 28.7 Å². The number of nitrogens with two attached hydrogens (primary N) is 1. The summed E-state index contributed by atoms with van der Waals surface area (Å²) >= 11 is 0. The van der Waals surface area contributed by atoms with Crippen LogP contribution in [0.2, 0.25) is 0 Å². The summed E-state index contributed by atoms with van der Waals surface area (Å²) in [6.07, 6.45) is 1.56. The van der Waals surface area contributed by atoms with Gasteiger partial charge in [0.2, 0.25) is 0 Å². The molecule has 0 aliphatic carbocycles. The molecule has 0 rings (SSSR count). The molecule has 0 fully saturated rings. The Balaban J connectivity index is 4.69. The molecule has 0 aromatic heterocycles. The van der Waals surface area contributed by atoms with Crippen molar-refractivity contribution in [1.29, 1.82) is 0 Å². The van der Waals surface area contributed by atoms with E-state index in [0.29, 0.717) is 5.70 Å². The van der Waals surface area contributed by atoms with E-state index < -0.39 is 0 Å². The van der Waals surface area contributed by atoms with Gasteiger partial charge in [-0.2, -0.15) is 0 Å². The van der Waals surface area contributed by atoms with Crippen LogP contribution in [0.5, 0.6) is 0 Å². The van der Waals surface area contributed by atoms with Crippen molar-refractivity contribution in [3.05, 3.63) is 23.7 Å². The van der Waals surface area contributed by atoms with Crippen molar-refractivity contribution >= 4 is 12.1 Å². The van der Waals surface area contributed by atoms with Crippen LogP contribution in [0.25, 0.3) is 0 Å². The first-order valence-corrected chi connectivity index (χ1v) is 3.91. The van der Waals surface area contributed by atoms with Crippen LogP contribution in [0.1, 0.15) is 20.8 Å². The normalized spacial score (nSPS) is 9.77. The van der Waals surface area contributed by atoms with Gasteiger partial charge in [-0.3, -0.25) is 9.79 Å². The van der Waals surface area contributed by atoms with Gasteiger partial charge in [0, 0.05) is 6.21 Å². The summed E-state index contributed by atoms with van der Waals surface area (Å²) in [6.45, 7) is 8.73. The molecule has 13 heavy (non-hydrogen) atoms. The van der Waals surface area contributed by atoms with Crippen LogP contribution in [-0.2, 0) is 4.79 Å². The molecule has 4 nitrogen and oxygen atoms in total. The van der Waals surface area contributed by atoms with Gasteiger partial charge in [0.1, 0.15) is 5.70 Å². The lowest BCUT2D eigenvalue weighted by Gasteiger charge is -2.05. The molecule has 0 heterocycles. The number of amides is 1. The largest absolute Gasteiger partial charge is 0.386 e. The zero-order valence-electron chi connectivity index (χ0n) is 8.22. The number of carbonyl (C=O) groups excluding carboxylic acids is 1. The number of nitrogens with zero attached hydrogens (tertiary/aromatic N) is 1. The third kappa shape index (κ3) is 4.10. The van der Waals surface area contributed by atoms with Crippen LogP contribution in [-0.4, -0.2) is 12.1 Å². The second-order valence-corrected chi connectivity index (χ2v) is 2.72. The lowest BCUT2D eigenvalue weighted by atomic mass is 10.2. The summed E-state index contributed by atoms with van der Waals surface area (Å²) in [5.41, 5.74) is 6.43. The third-order valence-corrected chi connectivity index (χ3v) is 1.22. The molecule has 0 aromatic rings. The van der Waals surface area contributed by atoms with Crippen LogP contribution in [0.3, 0.4) is 0 Å². The molecule has 0 aromatic carbocycles. The number of allylic oxidation sites excluding steroid dienone is 1. The maximum absolute atomic E-state index is 11.4. The van der Waals surface area contributed by atoms with E-state index in [1.807, 2.05) is 0 Å². The minimum Gasteiger partial charge on any atom is -0.386 e. The number of hydrogen-bond acceptors (Lipinski definition) is 3. The number of aliphatic imine (C=N–C) groups is 1. The van der Waals surface area contributed by atoms with Crippen molar-refractivity contribution in [1.82, 2.24) is 5.32 Å². The quantitative estimate of drug-likeness (QED) is 0.502. The first kappa shape index (κ1) is 11.4. The molecule has 3 N–H and O–H groups in total. The fraction of sp³-hybridized carbons (Fsp3) is 0.333. The molecular weight excluding hydrogens is 166 g/mol. The fourth-order valence-corrected chi connectivity index (χ4v) is 0.749.